The molecular formula is C15H9BrFN. The third-order valence-corrected chi connectivity index (χ3v) is 3.28. The van der Waals surface area contributed by atoms with Crippen molar-refractivity contribution in [3.63, 3.8) is 0 Å². The molecule has 1 heterocycles. The molecule has 0 radical (unpaired) electrons. The van der Waals surface area contributed by atoms with Gasteiger partial charge in [0.1, 0.15) is 5.82 Å². The Morgan fingerprint density at radius 3 is 2.44 bits per heavy atom. The molecular weight excluding hydrogens is 293 g/mol. The zero-order chi connectivity index (χ0) is 12.5. The minimum atomic E-state index is -0.233. The van der Waals surface area contributed by atoms with Crippen LogP contribution in [0.1, 0.15) is 0 Å². The van der Waals surface area contributed by atoms with Gasteiger partial charge in [0.2, 0.25) is 0 Å². The molecule has 18 heavy (non-hydrogen) atoms. The van der Waals surface area contributed by atoms with Crippen molar-refractivity contribution < 1.29 is 4.39 Å². The second-order valence-corrected chi connectivity index (χ2v) is 4.96. The monoisotopic (exact) mass is 301 g/mol. The van der Waals surface area contributed by atoms with E-state index < -0.39 is 0 Å². The molecule has 0 aliphatic rings. The number of pyridine rings is 1. The third kappa shape index (κ3) is 2.14. The molecule has 88 valence electrons. The Morgan fingerprint density at radius 1 is 0.889 bits per heavy atom. The fraction of sp³-hybridized carbons (Fsp3) is 0. The Balaban J connectivity index is 2.13. The highest BCUT2D eigenvalue weighted by molar-refractivity contribution is 9.10. The van der Waals surface area contributed by atoms with E-state index in [4.69, 9.17) is 0 Å². The van der Waals surface area contributed by atoms with Crippen LogP contribution in [0.2, 0.25) is 0 Å². The van der Waals surface area contributed by atoms with E-state index in [2.05, 4.69) is 20.9 Å². The minimum absolute atomic E-state index is 0.233. The van der Waals surface area contributed by atoms with Gasteiger partial charge in [0.25, 0.3) is 0 Å². The smallest absolute Gasteiger partial charge is 0.123 e. The largest absolute Gasteiger partial charge is 0.248 e. The summed E-state index contributed by atoms with van der Waals surface area (Å²) < 4.78 is 13.9. The lowest BCUT2D eigenvalue weighted by molar-refractivity contribution is 0.628. The zero-order valence-electron chi connectivity index (χ0n) is 9.40. The number of benzene rings is 2. The molecule has 0 N–H and O–H groups in total. The van der Waals surface area contributed by atoms with Crippen molar-refractivity contribution >= 4 is 26.8 Å². The highest BCUT2D eigenvalue weighted by Crippen LogP contribution is 2.23. The van der Waals surface area contributed by atoms with Gasteiger partial charge in [-0.1, -0.05) is 22.0 Å². The van der Waals surface area contributed by atoms with Crippen LogP contribution < -0.4 is 0 Å². The molecule has 3 aromatic rings. The van der Waals surface area contributed by atoms with Crippen LogP contribution in [0.3, 0.4) is 0 Å². The van der Waals surface area contributed by atoms with Crippen LogP contribution in [0.5, 0.6) is 0 Å². The number of halogens is 2. The highest BCUT2D eigenvalue weighted by Gasteiger charge is 2.02. The number of fused-ring (bicyclic) bond motifs is 1. The summed E-state index contributed by atoms with van der Waals surface area (Å²) >= 11 is 3.43. The van der Waals surface area contributed by atoms with Crippen LogP contribution in [0.25, 0.3) is 22.2 Å². The predicted octanol–water partition coefficient (Wildman–Crippen LogP) is 4.80. The maximum atomic E-state index is 12.9. The van der Waals surface area contributed by atoms with Gasteiger partial charge in [-0.3, -0.25) is 0 Å². The predicted molar refractivity (Wildman–Crippen MR) is 74.8 cm³/mol. The second-order valence-electron chi connectivity index (χ2n) is 4.04. The van der Waals surface area contributed by atoms with E-state index in [1.165, 1.54) is 12.1 Å². The van der Waals surface area contributed by atoms with E-state index in [1.807, 2.05) is 30.3 Å². The van der Waals surface area contributed by atoms with Crippen molar-refractivity contribution in [2.24, 2.45) is 0 Å². The number of hydrogen-bond donors (Lipinski definition) is 0. The van der Waals surface area contributed by atoms with Crippen LogP contribution >= 0.6 is 15.9 Å². The van der Waals surface area contributed by atoms with Gasteiger partial charge in [-0.25, -0.2) is 9.37 Å². The van der Waals surface area contributed by atoms with Crippen molar-refractivity contribution in [1.82, 2.24) is 4.98 Å². The second kappa shape index (κ2) is 4.50. The summed E-state index contributed by atoms with van der Waals surface area (Å²) in [7, 11) is 0. The number of aromatic nitrogens is 1. The molecule has 0 saturated heterocycles. The Kier molecular flexibility index (Phi) is 2.84. The molecule has 3 heteroatoms. The summed E-state index contributed by atoms with van der Waals surface area (Å²) in [6, 6.07) is 16.3. The van der Waals surface area contributed by atoms with Crippen LogP contribution in [-0.4, -0.2) is 4.98 Å². The molecule has 0 atom stereocenters. The summed E-state index contributed by atoms with van der Waals surface area (Å²) in [6.07, 6.45) is 0. The number of nitrogens with zero attached hydrogens (tertiary/aromatic N) is 1. The molecule has 0 saturated carbocycles. The Hall–Kier alpha value is -1.74. The van der Waals surface area contributed by atoms with Gasteiger partial charge in [0.05, 0.1) is 11.2 Å². The lowest BCUT2D eigenvalue weighted by atomic mass is 10.1. The van der Waals surface area contributed by atoms with E-state index in [-0.39, 0.29) is 5.82 Å². The molecule has 2 aromatic carbocycles. The number of hydrogen-bond acceptors (Lipinski definition) is 1. The topological polar surface area (TPSA) is 12.9 Å². The maximum absolute atomic E-state index is 12.9. The first kappa shape index (κ1) is 11.4. The summed E-state index contributed by atoms with van der Waals surface area (Å²) in [5, 5.41) is 1.08. The van der Waals surface area contributed by atoms with Gasteiger partial charge in [0.15, 0.2) is 0 Å². The SMILES string of the molecule is Fc1ccc(-c2ccc3cc(Br)ccc3n2)cc1. The Bertz CT molecular complexity index is 707. The van der Waals surface area contributed by atoms with Gasteiger partial charge in [-0.15, -0.1) is 0 Å². The highest BCUT2D eigenvalue weighted by atomic mass is 79.9. The molecule has 1 nitrogen and oxygen atoms in total. The van der Waals surface area contributed by atoms with E-state index >= 15 is 0 Å². The Morgan fingerprint density at radius 2 is 1.67 bits per heavy atom. The summed E-state index contributed by atoms with van der Waals surface area (Å²) in [5.41, 5.74) is 2.70. The molecule has 0 bridgehead atoms. The van der Waals surface area contributed by atoms with Crippen LogP contribution in [-0.2, 0) is 0 Å². The average Bonchev–Trinajstić information content (AvgIpc) is 2.39. The van der Waals surface area contributed by atoms with E-state index in [0.29, 0.717) is 0 Å². The standard InChI is InChI=1S/C15H9BrFN/c16-12-4-8-15-11(9-12)3-7-14(18-15)10-1-5-13(17)6-2-10/h1-9H. The van der Waals surface area contributed by atoms with Crippen molar-refractivity contribution in [2.75, 3.05) is 0 Å². The van der Waals surface area contributed by atoms with Crippen molar-refractivity contribution in [1.29, 1.82) is 0 Å². The van der Waals surface area contributed by atoms with E-state index in [0.717, 1.165) is 26.6 Å². The normalized spacial score (nSPS) is 10.8. The van der Waals surface area contributed by atoms with Crippen molar-refractivity contribution in [3.05, 3.63) is 64.9 Å². The quantitative estimate of drug-likeness (QED) is 0.629. The molecule has 3 rings (SSSR count). The molecule has 0 spiro atoms. The Labute approximate surface area is 112 Å². The van der Waals surface area contributed by atoms with E-state index in [9.17, 15) is 4.39 Å². The third-order valence-electron chi connectivity index (χ3n) is 2.79. The zero-order valence-corrected chi connectivity index (χ0v) is 11.0. The molecule has 0 fully saturated rings. The lowest BCUT2D eigenvalue weighted by Crippen LogP contribution is -1.85. The lowest BCUT2D eigenvalue weighted by Gasteiger charge is -2.03. The fourth-order valence-corrected chi connectivity index (χ4v) is 2.26. The molecule has 0 amide bonds. The van der Waals surface area contributed by atoms with Crippen molar-refractivity contribution in [2.45, 2.75) is 0 Å². The van der Waals surface area contributed by atoms with Crippen LogP contribution in [0.15, 0.2) is 59.1 Å². The first-order valence-electron chi connectivity index (χ1n) is 5.55. The fourth-order valence-electron chi connectivity index (χ4n) is 1.88. The molecule has 0 aliphatic heterocycles. The number of rotatable bonds is 1. The van der Waals surface area contributed by atoms with E-state index in [1.54, 1.807) is 12.1 Å². The molecule has 1 aromatic heterocycles. The first-order valence-corrected chi connectivity index (χ1v) is 6.34. The summed E-state index contributed by atoms with van der Waals surface area (Å²) in [5.74, 6) is -0.233. The molecule has 0 unspecified atom stereocenters. The van der Waals surface area contributed by atoms with Crippen molar-refractivity contribution in [3.8, 4) is 11.3 Å². The van der Waals surface area contributed by atoms with Crippen LogP contribution in [0.4, 0.5) is 4.39 Å². The average molecular weight is 302 g/mol. The maximum Gasteiger partial charge on any atom is 0.123 e. The molecule has 0 aliphatic carbocycles. The van der Waals surface area contributed by atoms with Crippen LogP contribution in [0, 0.1) is 5.82 Å². The summed E-state index contributed by atoms with van der Waals surface area (Å²) in [6.45, 7) is 0. The van der Waals surface area contributed by atoms with Gasteiger partial charge in [-0.2, -0.15) is 0 Å². The minimum Gasteiger partial charge on any atom is -0.248 e. The van der Waals surface area contributed by atoms with Gasteiger partial charge >= 0.3 is 0 Å². The summed E-state index contributed by atoms with van der Waals surface area (Å²) in [4.78, 5) is 4.57. The van der Waals surface area contributed by atoms with Gasteiger partial charge in [-0.05, 0) is 48.5 Å². The first-order chi connectivity index (χ1) is 8.72. The van der Waals surface area contributed by atoms with Gasteiger partial charge in [0, 0.05) is 15.4 Å². The van der Waals surface area contributed by atoms with Gasteiger partial charge < -0.3 is 0 Å².